The molecule has 2 atom stereocenters. The van der Waals surface area contributed by atoms with Crippen molar-refractivity contribution in [2.45, 2.75) is 50.4 Å². The summed E-state index contributed by atoms with van der Waals surface area (Å²) in [5, 5.41) is 1.52. The van der Waals surface area contributed by atoms with Crippen molar-refractivity contribution in [1.29, 1.82) is 0 Å². The second kappa shape index (κ2) is 12.3. The van der Waals surface area contributed by atoms with Gasteiger partial charge in [-0.05, 0) is 72.9 Å². The lowest BCUT2D eigenvalue weighted by atomic mass is 9.92. The van der Waals surface area contributed by atoms with Crippen LogP contribution in [0.4, 0.5) is 26.3 Å². The van der Waals surface area contributed by atoms with E-state index in [4.69, 9.17) is 27.9 Å². The summed E-state index contributed by atoms with van der Waals surface area (Å²) >= 11 is 12.2. The van der Waals surface area contributed by atoms with Crippen molar-refractivity contribution in [1.82, 2.24) is 9.88 Å². The number of hydrogen-bond donors (Lipinski definition) is 0. The summed E-state index contributed by atoms with van der Waals surface area (Å²) < 4.78 is 87.3. The van der Waals surface area contributed by atoms with Gasteiger partial charge >= 0.3 is 12.4 Å². The second-order valence-corrected chi connectivity index (χ2v) is 11.2. The fourth-order valence-corrected chi connectivity index (χ4v) is 5.62. The molecular weight excluding hydrogens is 617 g/mol. The van der Waals surface area contributed by atoms with E-state index in [0.717, 1.165) is 16.5 Å². The summed E-state index contributed by atoms with van der Waals surface area (Å²) in [5.41, 5.74) is -1.37. The van der Waals surface area contributed by atoms with Gasteiger partial charge in [-0.3, -0.25) is 9.78 Å². The predicted octanol–water partition coefficient (Wildman–Crippen LogP) is 9.01. The highest BCUT2D eigenvalue weighted by molar-refractivity contribution is 6.42. The molecule has 0 unspecified atom stereocenters. The Labute approximate surface area is 253 Å². The van der Waals surface area contributed by atoms with Crippen molar-refractivity contribution >= 4 is 40.0 Å². The Morgan fingerprint density at radius 3 is 2.28 bits per heavy atom. The van der Waals surface area contributed by atoms with Crippen molar-refractivity contribution in [3.05, 3.63) is 111 Å². The highest BCUT2D eigenvalue weighted by Crippen LogP contribution is 2.37. The molecule has 0 aliphatic carbocycles. The number of nitrogens with zero attached hydrogens (tertiary/aromatic N) is 2. The number of fused-ring (bicyclic) bond motifs is 1. The van der Waals surface area contributed by atoms with Crippen LogP contribution in [0.5, 0.6) is 0 Å². The van der Waals surface area contributed by atoms with Gasteiger partial charge in [-0.25, -0.2) is 0 Å². The molecule has 1 saturated heterocycles. The number of rotatable bonds is 6. The number of carbonyl (C=O) groups is 1. The average Bonchev–Trinajstić information content (AvgIpc) is 2.96. The molecule has 0 radical (unpaired) electrons. The van der Waals surface area contributed by atoms with E-state index in [1.165, 1.54) is 4.90 Å². The third-order valence-corrected chi connectivity index (χ3v) is 8.17. The normalized spacial score (nSPS) is 17.8. The van der Waals surface area contributed by atoms with Gasteiger partial charge in [-0.1, -0.05) is 47.5 Å². The van der Waals surface area contributed by atoms with Crippen molar-refractivity contribution in [2.75, 3.05) is 6.54 Å². The van der Waals surface area contributed by atoms with Crippen LogP contribution in [0.25, 0.3) is 10.9 Å². The minimum absolute atomic E-state index is 0.00680. The molecular formula is C31H24Cl2F6N2O2. The van der Waals surface area contributed by atoms with E-state index in [-0.39, 0.29) is 36.8 Å². The maximum Gasteiger partial charge on any atom is 0.416 e. The number of ether oxygens (including phenoxy) is 1. The molecule has 12 heteroatoms. The van der Waals surface area contributed by atoms with E-state index in [9.17, 15) is 31.1 Å². The van der Waals surface area contributed by atoms with E-state index in [0.29, 0.717) is 35.6 Å². The van der Waals surface area contributed by atoms with Crippen molar-refractivity contribution in [3.8, 4) is 0 Å². The molecule has 226 valence electrons. The summed E-state index contributed by atoms with van der Waals surface area (Å²) in [4.78, 5) is 19.3. The molecule has 1 aliphatic rings. The topological polar surface area (TPSA) is 42.4 Å². The highest BCUT2D eigenvalue weighted by atomic mass is 35.5. The van der Waals surface area contributed by atoms with Crippen LogP contribution < -0.4 is 0 Å². The number of amides is 1. The predicted molar refractivity (Wildman–Crippen MR) is 151 cm³/mol. The molecule has 1 aliphatic heterocycles. The number of piperidine rings is 1. The number of aromatic nitrogens is 1. The summed E-state index contributed by atoms with van der Waals surface area (Å²) in [7, 11) is 0. The van der Waals surface area contributed by atoms with Gasteiger partial charge in [0.1, 0.15) is 0 Å². The molecule has 5 rings (SSSR count). The van der Waals surface area contributed by atoms with Gasteiger partial charge < -0.3 is 9.64 Å². The number of para-hydroxylation sites is 1. The van der Waals surface area contributed by atoms with E-state index in [1.807, 2.05) is 30.3 Å². The van der Waals surface area contributed by atoms with Gasteiger partial charge in [-0.15, -0.1) is 0 Å². The molecule has 43 heavy (non-hydrogen) atoms. The Kier molecular flexibility index (Phi) is 8.92. The quantitative estimate of drug-likeness (QED) is 0.198. The van der Waals surface area contributed by atoms with Gasteiger partial charge in [0.25, 0.3) is 5.91 Å². The van der Waals surface area contributed by atoms with E-state index < -0.39 is 41.0 Å². The Balaban J connectivity index is 1.42. The molecule has 2 heterocycles. The van der Waals surface area contributed by atoms with Crippen LogP contribution in [-0.4, -0.2) is 34.5 Å². The van der Waals surface area contributed by atoms with Gasteiger partial charge in [0.15, 0.2) is 0 Å². The first-order chi connectivity index (χ1) is 20.3. The average molecular weight is 641 g/mol. The van der Waals surface area contributed by atoms with Crippen LogP contribution in [-0.2, 0) is 30.1 Å². The molecule has 0 spiro atoms. The van der Waals surface area contributed by atoms with Gasteiger partial charge in [0.05, 0.1) is 39.4 Å². The Morgan fingerprint density at radius 1 is 0.907 bits per heavy atom. The third-order valence-electron chi connectivity index (χ3n) is 7.43. The van der Waals surface area contributed by atoms with Crippen molar-refractivity contribution < 1.29 is 35.9 Å². The summed E-state index contributed by atoms with van der Waals surface area (Å²) in [5.74, 6) is -0.930. The number of likely N-dealkylation sites (tertiary alicyclic amines) is 1. The fraction of sp³-hybridized carbons (Fsp3) is 0.290. The van der Waals surface area contributed by atoms with Crippen LogP contribution >= 0.6 is 23.2 Å². The van der Waals surface area contributed by atoms with Crippen LogP contribution in [0.2, 0.25) is 10.0 Å². The van der Waals surface area contributed by atoms with E-state index in [1.54, 1.807) is 24.4 Å². The number of benzene rings is 3. The first kappa shape index (κ1) is 31.1. The maximum absolute atomic E-state index is 13.6. The molecule has 1 aromatic heterocycles. The second-order valence-electron chi connectivity index (χ2n) is 10.3. The lowest BCUT2D eigenvalue weighted by Gasteiger charge is -2.40. The molecule has 0 bridgehead atoms. The van der Waals surface area contributed by atoms with Crippen LogP contribution in [0.15, 0.2) is 72.9 Å². The molecule has 4 nitrogen and oxygen atoms in total. The zero-order valence-corrected chi connectivity index (χ0v) is 23.9. The van der Waals surface area contributed by atoms with Crippen molar-refractivity contribution in [2.24, 2.45) is 0 Å². The van der Waals surface area contributed by atoms with Gasteiger partial charge in [0, 0.05) is 29.7 Å². The Bertz CT molecular complexity index is 1610. The molecule has 0 N–H and O–H groups in total. The number of pyridine rings is 1. The monoisotopic (exact) mass is 640 g/mol. The summed E-state index contributed by atoms with van der Waals surface area (Å²) in [6.07, 6.45) is -7.96. The lowest BCUT2D eigenvalue weighted by Crippen LogP contribution is -2.49. The van der Waals surface area contributed by atoms with Crippen LogP contribution in [0.3, 0.4) is 0 Å². The SMILES string of the molecule is O=C(c1cc(C(F)(F)F)cc(C(F)(F)F)c1)N1CC[C@H](OCc2ccnc3ccccc23)C[C@H]1Cc1ccc(Cl)c(Cl)c1. The molecule has 0 saturated carbocycles. The maximum atomic E-state index is 13.6. The van der Waals surface area contributed by atoms with Crippen LogP contribution in [0.1, 0.15) is 45.5 Å². The molecule has 1 fully saturated rings. The molecule has 3 aromatic carbocycles. The van der Waals surface area contributed by atoms with Crippen LogP contribution in [0, 0.1) is 0 Å². The zero-order valence-electron chi connectivity index (χ0n) is 22.4. The zero-order chi connectivity index (χ0) is 30.9. The molecule has 1 amide bonds. The van der Waals surface area contributed by atoms with E-state index >= 15 is 0 Å². The number of halogens is 8. The Morgan fingerprint density at radius 2 is 1.60 bits per heavy atom. The van der Waals surface area contributed by atoms with E-state index in [2.05, 4.69) is 4.98 Å². The number of hydrogen-bond acceptors (Lipinski definition) is 3. The van der Waals surface area contributed by atoms with Gasteiger partial charge in [0.2, 0.25) is 0 Å². The Hall–Kier alpha value is -3.34. The minimum Gasteiger partial charge on any atom is -0.373 e. The molecule has 4 aromatic rings. The number of alkyl halides is 6. The lowest BCUT2D eigenvalue weighted by molar-refractivity contribution is -0.143. The minimum atomic E-state index is -5.08. The third kappa shape index (κ3) is 7.25. The standard InChI is InChI=1S/C31H24Cl2F6N2O2/c32-26-6-5-18(12-27(26)33)11-23-16-24(43-17-19-7-9-40-28-4-2-1-3-25(19)28)8-10-41(23)29(42)20-13-21(30(34,35)36)15-22(14-20)31(37,38)39/h1-7,9,12-15,23-24H,8,10-11,16-17H2/t23-,24+/m1/s1. The largest absolute Gasteiger partial charge is 0.416 e. The first-order valence-electron chi connectivity index (χ1n) is 13.3. The smallest absolute Gasteiger partial charge is 0.373 e. The number of carbonyl (C=O) groups excluding carboxylic acids is 1. The van der Waals surface area contributed by atoms with Gasteiger partial charge in [-0.2, -0.15) is 26.3 Å². The highest BCUT2D eigenvalue weighted by Gasteiger charge is 2.39. The van der Waals surface area contributed by atoms with Crippen molar-refractivity contribution in [3.63, 3.8) is 0 Å². The fourth-order valence-electron chi connectivity index (χ4n) is 5.30. The first-order valence-corrected chi connectivity index (χ1v) is 14.0. The summed E-state index contributed by atoms with van der Waals surface area (Å²) in [6.45, 7) is 0.313. The summed E-state index contributed by atoms with van der Waals surface area (Å²) in [6, 6.07) is 14.7.